The first kappa shape index (κ1) is 29.7. The highest BCUT2D eigenvalue weighted by atomic mass is 32.5. The van der Waals surface area contributed by atoms with Gasteiger partial charge < -0.3 is 5.73 Å². The van der Waals surface area contributed by atoms with Crippen LogP contribution in [0.3, 0.4) is 0 Å². The molecule has 4 nitrogen and oxygen atoms in total. The molecule has 1 rings (SSSR count). The van der Waals surface area contributed by atoms with Crippen LogP contribution in [-0.2, 0) is 22.1 Å². The van der Waals surface area contributed by atoms with Crippen molar-refractivity contribution in [2.45, 2.75) is 98.0 Å². The number of nitrogens with two attached hydrogens (primary N) is 1. The predicted molar refractivity (Wildman–Crippen MR) is 135 cm³/mol. The SMILES string of the molecule is CC(C)CCCCCC[S+]=P(O)(O)OCc1ccccc1.CCCCCCCCN. The van der Waals surface area contributed by atoms with Gasteiger partial charge in [-0.1, -0.05) is 102 Å². The van der Waals surface area contributed by atoms with E-state index in [1.54, 1.807) is 0 Å². The summed E-state index contributed by atoms with van der Waals surface area (Å²) in [6.45, 7) is 4.59. The molecular formula is C24H47NO3PS+. The van der Waals surface area contributed by atoms with Crippen molar-refractivity contribution in [3.05, 3.63) is 35.9 Å². The van der Waals surface area contributed by atoms with Crippen molar-refractivity contribution in [3.8, 4) is 0 Å². The second-order valence-corrected chi connectivity index (χ2v) is 12.3. The highest BCUT2D eigenvalue weighted by molar-refractivity contribution is 8.16. The molecule has 0 aliphatic heterocycles. The van der Waals surface area contributed by atoms with Crippen LogP contribution in [0.25, 0.3) is 0 Å². The maximum atomic E-state index is 9.86. The van der Waals surface area contributed by atoms with Crippen molar-refractivity contribution in [3.63, 3.8) is 0 Å². The summed E-state index contributed by atoms with van der Waals surface area (Å²) in [5.74, 6) is 1.52. The van der Waals surface area contributed by atoms with Gasteiger partial charge in [0.25, 0.3) is 0 Å². The zero-order valence-electron chi connectivity index (χ0n) is 19.6. The summed E-state index contributed by atoms with van der Waals surface area (Å²) in [4.78, 5) is 19.7. The minimum absolute atomic E-state index is 0.253. The Bertz CT molecular complexity index is 529. The van der Waals surface area contributed by atoms with Crippen LogP contribution in [0.2, 0.25) is 0 Å². The Kier molecular flexibility index (Phi) is 20.4. The van der Waals surface area contributed by atoms with E-state index >= 15 is 0 Å². The molecule has 1 aromatic rings. The lowest BCUT2D eigenvalue weighted by atomic mass is 10.0. The van der Waals surface area contributed by atoms with Crippen molar-refractivity contribution < 1.29 is 14.3 Å². The Hall–Kier alpha value is -0.290. The van der Waals surface area contributed by atoms with Gasteiger partial charge in [0.05, 0.1) is 6.61 Å². The van der Waals surface area contributed by atoms with Crippen LogP contribution in [0.4, 0.5) is 0 Å². The lowest BCUT2D eigenvalue weighted by Crippen LogP contribution is -1.97. The first-order valence-corrected chi connectivity index (χ1v) is 15.0. The third-order valence-electron chi connectivity index (χ3n) is 4.74. The molecule has 176 valence electrons. The number of hydrogen-bond donors (Lipinski definition) is 3. The minimum Gasteiger partial charge on any atom is -0.330 e. The Balaban J connectivity index is 0.000000787. The Morgan fingerprint density at radius 1 is 0.900 bits per heavy atom. The van der Waals surface area contributed by atoms with E-state index in [0.717, 1.165) is 47.6 Å². The van der Waals surface area contributed by atoms with Gasteiger partial charge in [0, 0.05) is 6.42 Å². The molecule has 0 radical (unpaired) electrons. The zero-order chi connectivity index (χ0) is 22.5. The zero-order valence-corrected chi connectivity index (χ0v) is 21.3. The largest absolute Gasteiger partial charge is 0.517 e. The summed E-state index contributed by atoms with van der Waals surface area (Å²) in [7, 11) is 1.16. The standard InChI is InChI=1S/C16H28O3PS.C8H19N/c1-15(2)10-6-3-4-9-13-21-20(17,18)19-14-16-11-7-5-8-12-16;1-2-3-4-5-6-7-8-9/h5,7-8,11-12,15,17-18H,3-4,6,9-10,13-14H2,1-2H3;2-9H2,1H3/q+1;. The maximum Gasteiger partial charge on any atom is 0.517 e. The highest BCUT2D eigenvalue weighted by Crippen LogP contribution is 2.40. The molecule has 0 unspecified atom stereocenters. The fourth-order valence-electron chi connectivity index (χ4n) is 2.89. The van der Waals surface area contributed by atoms with Crippen LogP contribution in [0, 0.1) is 5.92 Å². The second kappa shape index (κ2) is 20.6. The summed E-state index contributed by atoms with van der Waals surface area (Å²) in [5, 5.41) is 0. The fraction of sp³-hybridized carbons (Fsp3) is 0.750. The summed E-state index contributed by atoms with van der Waals surface area (Å²) in [5.41, 5.74) is 6.30. The van der Waals surface area contributed by atoms with Crippen LogP contribution in [0.5, 0.6) is 0 Å². The molecule has 0 spiro atoms. The molecule has 0 fully saturated rings. The van der Waals surface area contributed by atoms with Crippen LogP contribution in [0.1, 0.15) is 97.0 Å². The van der Waals surface area contributed by atoms with E-state index in [1.165, 1.54) is 57.8 Å². The Morgan fingerprint density at radius 3 is 2.13 bits per heavy atom. The molecule has 0 aliphatic carbocycles. The molecule has 0 heterocycles. The van der Waals surface area contributed by atoms with Crippen LogP contribution < -0.4 is 5.73 Å². The van der Waals surface area contributed by atoms with E-state index in [-0.39, 0.29) is 6.61 Å². The molecule has 30 heavy (non-hydrogen) atoms. The number of benzene rings is 1. The van der Waals surface area contributed by atoms with Crippen molar-refractivity contribution in [1.29, 1.82) is 0 Å². The smallest absolute Gasteiger partial charge is 0.330 e. The van der Waals surface area contributed by atoms with E-state index in [9.17, 15) is 9.79 Å². The molecule has 0 saturated heterocycles. The van der Waals surface area contributed by atoms with Crippen LogP contribution >= 0.6 is 6.72 Å². The Morgan fingerprint density at radius 2 is 1.50 bits per heavy atom. The second-order valence-electron chi connectivity index (χ2n) is 8.24. The van der Waals surface area contributed by atoms with E-state index in [2.05, 4.69) is 20.8 Å². The van der Waals surface area contributed by atoms with Crippen LogP contribution in [-0.4, -0.2) is 22.1 Å². The maximum absolute atomic E-state index is 9.86. The van der Waals surface area contributed by atoms with Crippen molar-refractivity contribution in [2.75, 3.05) is 12.3 Å². The van der Waals surface area contributed by atoms with Gasteiger partial charge in [-0.3, -0.25) is 14.3 Å². The molecule has 0 saturated carbocycles. The normalized spacial score (nSPS) is 11.3. The molecule has 6 heteroatoms. The fourth-order valence-corrected chi connectivity index (χ4v) is 5.33. The van der Waals surface area contributed by atoms with E-state index in [4.69, 9.17) is 10.3 Å². The molecule has 1 aromatic carbocycles. The molecular weight excluding hydrogens is 413 g/mol. The van der Waals surface area contributed by atoms with Gasteiger partial charge in [-0.05, 0) is 30.9 Å². The molecule has 0 atom stereocenters. The average Bonchev–Trinajstić information content (AvgIpc) is 2.73. The van der Waals surface area contributed by atoms with Crippen molar-refractivity contribution in [2.24, 2.45) is 11.7 Å². The van der Waals surface area contributed by atoms with Gasteiger partial charge in [0.15, 0.2) is 5.75 Å². The summed E-state index contributed by atoms with van der Waals surface area (Å²) < 4.78 is 5.26. The average molecular weight is 461 g/mol. The van der Waals surface area contributed by atoms with Gasteiger partial charge in [0.1, 0.15) is 0 Å². The van der Waals surface area contributed by atoms with Gasteiger partial charge >= 0.3 is 6.72 Å². The van der Waals surface area contributed by atoms with Crippen LogP contribution in [0.15, 0.2) is 30.3 Å². The molecule has 0 bridgehead atoms. The monoisotopic (exact) mass is 460 g/mol. The number of rotatable bonds is 16. The van der Waals surface area contributed by atoms with E-state index < -0.39 is 6.72 Å². The first-order chi connectivity index (χ1) is 14.4. The molecule has 0 aromatic heterocycles. The molecule has 0 aliphatic rings. The summed E-state index contributed by atoms with van der Waals surface area (Å²) >= 11 is 0. The van der Waals surface area contributed by atoms with Crippen molar-refractivity contribution in [1.82, 2.24) is 0 Å². The highest BCUT2D eigenvalue weighted by Gasteiger charge is 2.24. The van der Waals surface area contributed by atoms with Gasteiger partial charge in [0.2, 0.25) is 10.9 Å². The molecule has 4 N–H and O–H groups in total. The lowest BCUT2D eigenvalue weighted by Gasteiger charge is -2.04. The number of unbranched alkanes of at least 4 members (excludes halogenated alkanes) is 8. The van der Waals surface area contributed by atoms with Gasteiger partial charge in [-0.15, -0.1) is 0 Å². The first-order valence-electron chi connectivity index (χ1n) is 11.8. The predicted octanol–water partition coefficient (Wildman–Crippen LogP) is 6.86. The summed E-state index contributed by atoms with van der Waals surface area (Å²) in [6.07, 6.45) is 14.0. The third kappa shape index (κ3) is 21.0. The number of hydrogen-bond acceptors (Lipinski definition) is 2. The summed E-state index contributed by atoms with van der Waals surface area (Å²) in [6, 6.07) is 9.59. The lowest BCUT2D eigenvalue weighted by molar-refractivity contribution is 0.242. The van der Waals surface area contributed by atoms with E-state index in [1.807, 2.05) is 30.3 Å². The Labute approximate surface area is 189 Å². The minimum atomic E-state index is -3.26. The quantitative estimate of drug-likeness (QED) is 0.143. The van der Waals surface area contributed by atoms with Gasteiger partial charge in [-0.25, -0.2) is 0 Å². The van der Waals surface area contributed by atoms with Gasteiger partial charge in [-0.2, -0.15) is 0 Å². The third-order valence-corrected chi connectivity index (χ3v) is 7.88. The van der Waals surface area contributed by atoms with E-state index in [0.29, 0.717) is 0 Å². The molecule has 0 amide bonds. The topological polar surface area (TPSA) is 75.7 Å². The van der Waals surface area contributed by atoms with Crippen molar-refractivity contribution >= 4 is 17.7 Å².